The zero-order valence-corrected chi connectivity index (χ0v) is 23.6. The molecule has 1 aliphatic carbocycles. The van der Waals surface area contributed by atoms with Gasteiger partial charge in [-0.3, -0.25) is 4.90 Å². The first-order chi connectivity index (χ1) is 19.0. The number of carboxylic acids is 1. The van der Waals surface area contributed by atoms with Crippen LogP contribution in [0.2, 0.25) is 0 Å². The van der Waals surface area contributed by atoms with Crippen molar-refractivity contribution in [2.45, 2.75) is 77.4 Å². The number of hydrogen-bond acceptors (Lipinski definition) is 4. The first kappa shape index (κ1) is 26.4. The number of carbonyl (C=O) groups is 1. The quantitative estimate of drug-likeness (QED) is 0.370. The molecule has 3 aliphatic rings. The number of rotatable bonds is 7. The van der Waals surface area contributed by atoms with Crippen molar-refractivity contribution < 1.29 is 14.6 Å². The summed E-state index contributed by atoms with van der Waals surface area (Å²) in [6.45, 7) is 11.0. The van der Waals surface area contributed by atoms with Crippen LogP contribution in [0.3, 0.4) is 0 Å². The summed E-state index contributed by atoms with van der Waals surface area (Å²) in [6, 6.07) is 12.7. The van der Waals surface area contributed by atoms with Crippen molar-refractivity contribution in [2.24, 2.45) is 0 Å². The smallest absolute Gasteiger partial charge is 0.335 e. The molecule has 2 fully saturated rings. The third-order valence-electron chi connectivity index (χ3n) is 9.26. The molecule has 0 bridgehead atoms. The van der Waals surface area contributed by atoms with Gasteiger partial charge in [0.05, 0.1) is 17.4 Å². The van der Waals surface area contributed by atoms with Crippen LogP contribution in [0.15, 0.2) is 36.4 Å². The molecule has 3 heterocycles. The van der Waals surface area contributed by atoms with Crippen LogP contribution >= 0.6 is 0 Å². The first-order valence-electron chi connectivity index (χ1n) is 15.1. The average molecular weight is 530 g/mol. The summed E-state index contributed by atoms with van der Waals surface area (Å²) >= 11 is 0. The van der Waals surface area contributed by atoms with Gasteiger partial charge in [0.1, 0.15) is 0 Å². The van der Waals surface area contributed by atoms with Gasteiger partial charge in [0.25, 0.3) is 0 Å². The number of anilines is 1. The number of aryl methyl sites for hydroxylation is 1. The van der Waals surface area contributed by atoms with E-state index in [1.54, 1.807) is 6.07 Å². The standard InChI is InChI=1S/C33H43N3O3/c1-3-39-26-10-7-15-34(22-26)16-17-35-18-19-36-30-21-25(33(37)38)12-14-27(30)31(24-8-5-4-6-9-24)32(36)28-13-11-23(2)20-29(28)35/h11-14,20-21,24,26H,3-10,15-19,22H2,1-2H3,(H,37,38). The lowest BCUT2D eigenvalue weighted by atomic mass is 9.81. The average Bonchev–Trinajstić information content (AvgIpc) is 3.18. The summed E-state index contributed by atoms with van der Waals surface area (Å²) in [5, 5.41) is 11.1. The minimum absolute atomic E-state index is 0.357. The highest BCUT2D eigenvalue weighted by molar-refractivity contribution is 5.99. The number of carboxylic acid groups (broad SMARTS) is 1. The minimum Gasteiger partial charge on any atom is -0.478 e. The van der Waals surface area contributed by atoms with E-state index >= 15 is 0 Å². The Morgan fingerprint density at radius 1 is 0.974 bits per heavy atom. The van der Waals surface area contributed by atoms with E-state index in [2.05, 4.69) is 52.5 Å². The molecular formula is C33H43N3O3. The van der Waals surface area contributed by atoms with Crippen LogP contribution in [0.5, 0.6) is 0 Å². The first-order valence-corrected chi connectivity index (χ1v) is 15.1. The summed E-state index contributed by atoms with van der Waals surface area (Å²) in [5.41, 5.74) is 8.13. The molecule has 1 aromatic heterocycles. The Labute approximate surface area is 232 Å². The molecule has 1 saturated heterocycles. The van der Waals surface area contributed by atoms with Gasteiger partial charge in [0.15, 0.2) is 0 Å². The second-order valence-electron chi connectivity index (χ2n) is 11.8. The number of benzene rings is 2. The van der Waals surface area contributed by atoms with E-state index in [0.29, 0.717) is 17.6 Å². The lowest BCUT2D eigenvalue weighted by molar-refractivity contribution is 0.00677. The number of aromatic carboxylic acids is 1. The molecule has 0 spiro atoms. The van der Waals surface area contributed by atoms with Crippen molar-refractivity contribution in [1.82, 2.24) is 9.47 Å². The zero-order valence-electron chi connectivity index (χ0n) is 23.6. The molecule has 6 heteroatoms. The topological polar surface area (TPSA) is 57.9 Å². The van der Waals surface area contributed by atoms with Crippen molar-refractivity contribution in [3.8, 4) is 11.3 Å². The Bertz CT molecular complexity index is 1340. The van der Waals surface area contributed by atoms with Crippen LogP contribution in [0.4, 0.5) is 5.69 Å². The van der Waals surface area contributed by atoms with Gasteiger partial charge in [-0.05, 0) is 81.3 Å². The lowest BCUT2D eigenvalue weighted by Crippen LogP contribution is -2.44. The van der Waals surface area contributed by atoms with Gasteiger partial charge < -0.3 is 19.3 Å². The second kappa shape index (κ2) is 11.3. The van der Waals surface area contributed by atoms with E-state index < -0.39 is 5.97 Å². The van der Waals surface area contributed by atoms with Gasteiger partial charge in [-0.15, -0.1) is 0 Å². The Morgan fingerprint density at radius 2 is 1.82 bits per heavy atom. The minimum atomic E-state index is -0.857. The highest BCUT2D eigenvalue weighted by Crippen LogP contribution is 2.47. The Hall–Kier alpha value is -2.83. The number of hydrogen-bond donors (Lipinski definition) is 1. The van der Waals surface area contributed by atoms with Gasteiger partial charge in [0.2, 0.25) is 0 Å². The van der Waals surface area contributed by atoms with Crippen LogP contribution in [0, 0.1) is 6.92 Å². The van der Waals surface area contributed by atoms with Crippen molar-refractivity contribution in [3.05, 3.63) is 53.1 Å². The van der Waals surface area contributed by atoms with Crippen molar-refractivity contribution in [3.63, 3.8) is 0 Å². The predicted molar refractivity (Wildman–Crippen MR) is 158 cm³/mol. The third-order valence-corrected chi connectivity index (χ3v) is 9.26. The molecule has 6 rings (SSSR count). The largest absolute Gasteiger partial charge is 0.478 e. The molecule has 2 aromatic carbocycles. The number of piperidine rings is 1. The summed E-state index contributed by atoms with van der Waals surface area (Å²) in [4.78, 5) is 17.1. The van der Waals surface area contributed by atoms with E-state index in [1.165, 1.54) is 78.4 Å². The maximum Gasteiger partial charge on any atom is 0.335 e. The van der Waals surface area contributed by atoms with Crippen LogP contribution in [-0.2, 0) is 11.3 Å². The second-order valence-corrected chi connectivity index (χ2v) is 11.8. The highest BCUT2D eigenvalue weighted by Gasteiger charge is 2.31. The number of likely N-dealkylation sites (tertiary alicyclic amines) is 1. The normalized spacial score (nSPS) is 20.6. The van der Waals surface area contributed by atoms with Gasteiger partial charge in [-0.2, -0.15) is 0 Å². The van der Waals surface area contributed by atoms with Crippen LogP contribution in [0.1, 0.15) is 79.3 Å². The zero-order chi connectivity index (χ0) is 26.9. The summed E-state index contributed by atoms with van der Waals surface area (Å²) in [5.74, 6) is -0.331. The fourth-order valence-corrected chi connectivity index (χ4v) is 7.36. The predicted octanol–water partition coefficient (Wildman–Crippen LogP) is 6.68. The molecule has 0 amide bonds. The molecule has 1 unspecified atom stereocenters. The van der Waals surface area contributed by atoms with Crippen molar-refractivity contribution in [2.75, 3.05) is 44.2 Å². The van der Waals surface area contributed by atoms with Crippen LogP contribution in [-0.4, -0.2) is 66.0 Å². The summed E-state index contributed by atoms with van der Waals surface area (Å²) in [7, 11) is 0. The number of nitrogens with zero attached hydrogens (tertiary/aromatic N) is 3. The number of ether oxygens (including phenoxy) is 1. The number of aromatic nitrogens is 1. The molecule has 1 saturated carbocycles. The van der Waals surface area contributed by atoms with Crippen molar-refractivity contribution in [1.29, 1.82) is 0 Å². The Balaban J connectivity index is 1.40. The molecule has 1 N–H and O–H groups in total. The van der Waals surface area contributed by atoms with E-state index in [1.807, 2.05) is 6.07 Å². The monoisotopic (exact) mass is 529 g/mol. The Kier molecular flexibility index (Phi) is 7.68. The summed E-state index contributed by atoms with van der Waals surface area (Å²) < 4.78 is 8.42. The Morgan fingerprint density at radius 3 is 2.62 bits per heavy atom. The van der Waals surface area contributed by atoms with Crippen LogP contribution in [0.25, 0.3) is 22.2 Å². The number of fused-ring (bicyclic) bond motifs is 5. The SMILES string of the molecule is CCOC1CCCN(CCN2CCn3c(c(C4CCCCC4)c4ccc(C(=O)O)cc43)-c3ccc(C)cc32)C1. The molecule has 208 valence electrons. The molecule has 2 aliphatic heterocycles. The van der Waals surface area contributed by atoms with Gasteiger partial charge in [-0.25, -0.2) is 4.79 Å². The molecule has 0 radical (unpaired) electrons. The fraction of sp³-hybridized carbons (Fsp3) is 0.545. The third kappa shape index (κ3) is 5.21. The van der Waals surface area contributed by atoms with E-state index in [-0.39, 0.29) is 0 Å². The maximum absolute atomic E-state index is 11.9. The van der Waals surface area contributed by atoms with E-state index in [4.69, 9.17) is 4.74 Å². The maximum atomic E-state index is 11.9. The molecule has 6 nitrogen and oxygen atoms in total. The fourth-order valence-electron chi connectivity index (χ4n) is 7.36. The van der Waals surface area contributed by atoms with E-state index in [9.17, 15) is 9.90 Å². The lowest BCUT2D eigenvalue weighted by Gasteiger charge is -2.34. The highest BCUT2D eigenvalue weighted by atomic mass is 16.5. The van der Waals surface area contributed by atoms with Crippen molar-refractivity contribution >= 4 is 22.6 Å². The van der Waals surface area contributed by atoms with Crippen LogP contribution < -0.4 is 4.90 Å². The molecule has 1 atom stereocenters. The van der Waals surface area contributed by atoms with Gasteiger partial charge in [0, 0.05) is 61.5 Å². The van der Waals surface area contributed by atoms with Gasteiger partial charge in [-0.1, -0.05) is 37.5 Å². The molecular weight excluding hydrogens is 486 g/mol. The molecule has 39 heavy (non-hydrogen) atoms. The van der Waals surface area contributed by atoms with Gasteiger partial charge >= 0.3 is 5.97 Å². The molecule has 3 aromatic rings. The summed E-state index contributed by atoms with van der Waals surface area (Å²) in [6.07, 6.45) is 9.02. The van der Waals surface area contributed by atoms with E-state index in [0.717, 1.165) is 51.4 Å².